The number of nitrogens with zero attached hydrogens (tertiary/aromatic N) is 2. The Hall–Kier alpha value is -1.35. The number of hydrogen-bond acceptors (Lipinski definition) is 3. The minimum absolute atomic E-state index is 0.861. The third-order valence-corrected chi connectivity index (χ3v) is 3.07. The molecular weight excluding hydrogens is 222 g/mol. The molecule has 0 unspecified atom stereocenters. The van der Waals surface area contributed by atoms with E-state index in [2.05, 4.69) is 43.8 Å². The number of aromatic nitrogens is 1. The standard InChI is InChI=1S/C15H25N3/c1-6-7-8-9-18(5)15-14(11-16-4)12(2)10-13(3)17-15/h6,10,16H,1,7-9,11H2,2-5H3. The molecule has 0 bridgehead atoms. The molecule has 1 rings (SSSR count). The minimum Gasteiger partial charge on any atom is -0.359 e. The number of rotatable bonds is 7. The van der Waals surface area contributed by atoms with Crippen LogP contribution in [0, 0.1) is 13.8 Å². The van der Waals surface area contributed by atoms with Crippen molar-refractivity contribution in [2.45, 2.75) is 33.2 Å². The summed E-state index contributed by atoms with van der Waals surface area (Å²) in [7, 11) is 4.09. The van der Waals surface area contributed by atoms with Gasteiger partial charge in [0, 0.05) is 31.4 Å². The fourth-order valence-electron chi connectivity index (χ4n) is 2.13. The van der Waals surface area contributed by atoms with E-state index in [1.54, 1.807) is 0 Å². The summed E-state index contributed by atoms with van der Waals surface area (Å²) in [6.45, 7) is 9.84. The smallest absolute Gasteiger partial charge is 0.133 e. The summed E-state index contributed by atoms with van der Waals surface area (Å²) in [4.78, 5) is 6.94. The summed E-state index contributed by atoms with van der Waals surface area (Å²) < 4.78 is 0. The maximum atomic E-state index is 4.69. The molecule has 1 aromatic rings. The monoisotopic (exact) mass is 247 g/mol. The summed E-state index contributed by atoms with van der Waals surface area (Å²) in [5, 5.41) is 3.22. The van der Waals surface area contributed by atoms with E-state index in [0.29, 0.717) is 0 Å². The van der Waals surface area contributed by atoms with Gasteiger partial charge in [-0.15, -0.1) is 6.58 Å². The Balaban J connectivity index is 2.93. The number of pyridine rings is 1. The molecule has 0 atom stereocenters. The highest BCUT2D eigenvalue weighted by Crippen LogP contribution is 2.22. The van der Waals surface area contributed by atoms with Crippen molar-refractivity contribution in [2.24, 2.45) is 0 Å². The lowest BCUT2D eigenvalue weighted by molar-refractivity contribution is 0.760. The molecule has 0 amide bonds. The van der Waals surface area contributed by atoms with Gasteiger partial charge in [-0.3, -0.25) is 0 Å². The number of hydrogen-bond donors (Lipinski definition) is 1. The van der Waals surface area contributed by atoms with Gasteiger partial charge in [-0.1, -0.05) is 6.08 Å². The van der Waals surface area contributed by atoms with E-state index in [-0.39, 0.29) is 0 Å². The molecule has 0 spiro atoms. The molecule has 1 heterocycles. The van der Waals surface area contributed by atoms with Crippen LogP contribution in [0.3, 0.4) is 0 Å². The Morgan fingerprint density at radius 2 is 2.17 bits per heavy atom. The molecule has 0 saturated heterocycles. The zero-order valence-corrected chi connectivity index (χ0v) is 12.1. The summed E-state index contributed by atoms with van der Waals surface area (Å²) in [5.74, 6) is 1.10. The van der Waals surface area contributed by atoms with Gasteiger partial charge < -0.3 is 10.2 Å². The molecular formula is C15H25N3. The second kappa shape index (κ2) is 7.17. The normalized spacial score (nSPS) is 10.4. The van der Waals surface area contributed by atoms with Crippen LogP contribution in [0.25, 0.3) is 0 Å². The first-order valence-electron chi connectivity index (χ1n) is 6.54. The predicted molar refractivity (Wildman–Crippen MR) is 79.2 cm³/mol. The Kier molecular flexibility index (Phi) is 5.86. The molecule has 0 aromatic carbocycles. The van der Waals surface area contributed by atoms with Crippen molar-refractivity contribution in [1.82, 2.24) is 10.3 Å². The topological polar surface area (TPSA) is 28.2 Å². The van der Waals surface area contributed by atoms with Gasteiger partial charge in [0.25, 0.3) is 0 Å². The second-order valence-electron chi connectivity index (χ2n) is 4.77. The van der Waals surface area contributed by atoms with Crippen LogP contribution in [0.2, 0.25) is 0 Å². The van der Waals surface area contributed by atoms with Crippen molar-refractivity contribution in [3.8, 4) is 0 Å². The lowest BCUT2D eigenvalue weighted by atomic mass is 10.1. The van der Waals surface area contributed by atoms with Crippen molar-refractivity contribution in [3.05, 3.63) is 35.5 Å². The summed E-state index contributed by atoms with van der Waals surface area (Å²) in [6, 6.07) is 2.15. The first-order chi connectivity index (χ1) is 8.60. The highest BCUT2D eigenvalue weighted by molar-refractivity contribution is 5.51. The van der Waals surface area contributed by atoms with Gasteiger partial charge in [-0.25, -0.2) is 4.98 Å². The summed E-state index contributed by atoms with van der Waals surface area (Å²) in [5.41, 5.74) is 3.68. The first kappa shape index (κ1) is 14.7. The molecule has 0 aliphatic carbocycles. The van der Waals surface area contributed by atoms with Crippen LogP contribution < -0.4 is 10.2 Å². The Morgan fingerprint density at radius 1 is 1.44 bits per heavy atom. The van der Waals surface area contributed by atoms with Crippen LogP contribution >= 0.6 is 0 Å². The number of aryl methyl sites for hydroxylation is 2. The van der Waals surface area contributed by atoms with Crippen molar-refractivity contribution < 1.29 is 0 Å². The maximum absolute atomic E-state index is 4.69. The average Bonchev–Trinajstić information content (AvgIpc) is 2.32. The number of nitrogens with one attached hydrogen (secondary N) is 1. The van der Waals surface area contributed by atoms with E-state index >= 15 is 0 Å². The van der Waals surface area contributed by atoms with Crippen LogP contribution in [0.15, 0.2) is 18.7 Å². The van der Waals surface area contributed by atoms with Crippen molar-refractivity contribution in [1.29, 1.82) is 0 Å². The van der Waals surface area contributed by atoms with Crippen molar-refractivity contribution in [3.63, 3.8) is 0 Å². The molecule has 0 aliphatic heterocycles. The SMILES string of the molecule is C=CCCCN(C)c1nc(C)cc(C)c1CNC. The third kappa shape index (κ3) is 3.84. The van der Waals surface area contributed by atoms with E-state index in [1.807, 2.05) is 13.1 Å². The van der Waals surface area contributed by atoms with Crippen LogP contribution in [0.4, 0.5) is 5.82 Å². The summed E-state index contributed by atoms with van der Waals surface area (Å²) in [6.07, 6.45) is 4.14. The lowest BCUT2D eigenvalue weighted by Gasteiger charge is -2.23. The number of anilines is 1. The highest BCUT2D eigenvalue weighted by atomic mass is 15.2. The third-order valence-electron chi connectivity index (χ3n) is 3.07. The predicted octanol–water partition coefficient (Wildman–Crippen LogP) is 2.82. The molecule has 3 heteroatoms. The molecule has 1 N–H and O–H groups in total. The maximum Gasteiger partial charge on any atom is 0.133 e. The molecule has 0 aliphatic rings. The van der Waals surface area contributed by atoms with Crippen LogP contribution in [0.5, 0.6) is 0 Å². The van der Waals surface area contributed by atoms with Crippen molar-refractivity contribution in [2.75, 3.05) is 25.5 Å². The van der Waals surface area contributed by atoms with Gasteiger partial charge in [0.1, 0.15) is 5.82 Å². The zero-order chi connectivity index (χ0) is 13.5. The molecule has 18 heavy (non-hydrogen) atoms. The molecule has 0 saturated carbocycles. The fraction of sp³-hybridized carbons (Fsp3) is 0.533. The second-order valence-corrected chi connectivity index (χ2v) is 4.77. The van der Waals surface area contributed by atoms with E-state index in [9.17, 15) is 0 Å². The van der Waals surface area contributed by atoms with E-state index in [4.69, 9.17) is 4.98 Å². The quantitative estimate of drug-likeness (QED) is 0.593. The van der Waals surface area contributed by atoms with Crippen LogP contribution in [0.1, 0.15) is 29.7 Å². The molecule has 3 nitrogen and oxygen atoms in total. The zero-order valence-electron chi connectivity index (χ0n) is 12.1. The number of unbranched alkanes of at least 4 members (excludes halogenated alkanes) is 1. The van der Waals surface area contributed by atoms with E-state index in [0.717, 1.165) is 37.4 Å². The van der Waals surface area contributed by atoms with Gasteiger partial charge in [-0.2, -0.15) is 0 Å². The van der Waals surface area contributed by atoms with Gasteiger partial charge in [-0.05, 0) is 45.4 Å². The minimum atomic E-state index is 0.861. The van der Waals surface area contributed by atoms with Gasteiger partial charge in [0.2, 0.25) is 0 Å². The van der Waals surface area contributed by atoms with Gasteiger partial charge in [0.05, 0.1) is 0 Å². The molecule has 0 radical (unpaired) electrons. The van der Waals surface area contributed by atoms with Crippen LogP contribution in [-0.2, 0) is 6.54 Å². The van der Waals surface area contributed by atoms with Crippen LogP contribution in [-0.4, -0.2) is 25.6 Å². The Labute approximate surface area is 111 Å². The average molecular weight is 247 g/mol. The van der Waals surface area contributed by atoms with Gasteiger partial charge >= 0.3 is 0 Å². The summed E-state index contributed by atoms with van der Waals surface area (Å²) >= 11 is 0. The first-order valence-corrected chi connectivity index (χ1v) is 6.54. The fourth-order valence-corrected chi connectivity index (χ4v) is 2.13. The van der Waals surface area contributed by atoms with E-state index in [1.165, 1.54) is 11.1 Å². The number of allylic oxidation sites excluding steroid dienone is 1. The largest absolute Gasteiger partial charge is 0.359 e. The van der Waals surface area contributed by atoms with Crippen molar-refractivity contribution >= 4 is 5.82 Å². The molecule has 100 valence electrons. The van der Waals surface area contributed by atoms with Gasteiger partial charge in [0.15, 0.2) is 0 Å². The van der Waals surface area contributed by atoms with E-state index < -0.39 is 0 Å². The Morgan fingerprint density at radius 3 is 2.78 bits per heavy atom. The molecule has 1 aromatic heterocycles. The lowest BCUT2D eigenvalue weighted by Crippen LogP contribution is -2.23. The highest BCUT2D eigenvalue weighted by Gasteiger charge is 2.11. The Bertz CT molecular complexity index is 399. The molecule has 0 fully saturated rings.